The molecule has 3 heteroatoms. The van der Waals surface area contributed by atoms with Crippen LogP contribution >= 0.6 is 0 Å². The molecule has 0 radical (unpaired) electrons. The molecule has 0 atom stereocenters. The van der Waals surface area contributed by atoms with Crippen molar-refractivity contribution < 1.29 is 13.9 Å². The summed E-state index contributed by atoms with van der Waals surface area (Å²) >= 11 is 0. The average Bonchev–Trinajstić information content (AvgIpc) is 3.35. The smallest absolute Gasteiger partial charge is 0.139 e. The van der Waals surface area contributed by atoms with Gasteiger partial charge in [0.1, 0.15) is 28.1 Å². The maximum Gasteiger partial charge on any atom is 0.139 e. The van der Waals surface area contributed by atoms with Gasteiger partial charge in [0.15, 0.2) is 0 Å². The third-order valence-corrected chi connectivity index (χ3v) is 6.14. The first kappa shape index (κ1) is 16.5. The van der Waals surface area contributed by atoms with Crippen LogP contribution in [0.5, 0.6) is 5.75 Å². The number of phenolic OH excluding ortho intramolecular Hbond substituents is 1. The number of furan rings is 2. The summed E-state index contributed by atoms with van der Waals surface area (Å²) in [6.45, 7) is 0. The zero-order valence-corrected chi connectivity index (χ0v) is 16.4. The standard InChI is InChI=1S/C28H16O3/c29-21-13-17(15-24-27(21)19-9-3-5-11-22(19)30-24)26-18-8-2-1-7-16(18)14-25-28(26)20-10-4-6-12-23(20)31-25/h1-15,29H. The van der Waals surface area contributed by atoms with Gasteiger partial charge in [-0.05, 0) is 46.7 Å². The van der Waals surface area contributed by atoms with E-state index in [0.29, 0.717) is 5.58 Å². The van der Waals surface area contributed by atoms with Gasteiger partial charge in [0.25, 0.3) is 0 Å². The molecular weight excluding hydrogens is 384 g/mol. The Morgan fingerprint density at radius 1 is 0.516 bits per heavy atom. The van der Waals surface area contributed by atoms with E-state index in [4.69, 9.17) is 8.83 Å². The van der Waals surface area contributed by atoms with Crippen LogP contribution in [0.15, 0.2) is 99.8 Å². The van der Waals surface area contributed by atoms with Crippen LogP contribution < -0.4 is 0 Å². The van der Waals surface area contributed by atoms with Gasteiger partial charge in [-0.2, -0.15) is 0 Å². The lowest BCUT2D eigenvalue weighted by molar-refractivity contribution is 0.482. The van der Waals surface area contributed by atoms with E-state index >= 15 is 0 Å². The number of hydrogen-bond donors (Lipinski definition) is 1. The molecule has 5 aromatic carbocycles. The first-order chi connectivity index (χ1) is 15.3. The molecule has 0 aliphatic carbocycles. The number of benzene rings is 5. The van der Waals surface area contributed by atoms with Crippen LogP contribution in [0.3, 0.4) is 0 Å². The summed E-state index contributed by atoms with van der Waals surface area (Å²) in [7, 11) is 0. The Morgan fingerprint density at radius 3 is 1.84 bits per heavy atom. The molecule has 1 N–H and O–H groups in total. The predicted octanol–water partition coefficient (Wildman–Crippen LogP) is 8.01. The van der Waals surface area contributed by atoms with Crippen molar-refractivity contribution in [3.8, 4) is 16.9 Å². The molecule has 0 amide bonds. The summed E-state index contributed by atoms with van der Waals surface area (Å²) in [6.07, 6.45) is 0. The normalized spacial score (nSPS) is 12.0. The van der Waals surface area contributed by atoms with Crippen molar-refractivity contribution in [2.45, 2.75) is 0 Å². The molecule has 3 nitrogen and oxygen atoms in total. The molecule has 0 saturated heterocycles. The first-order valence-electron chi connectivity index (χ1n) is 10.3. The molecule has 146 valence electrons. The van der Waals surface area contributed by atoms with Crippen molar-refractivity contribution in [3.05, 3.63) is 91.0 Å². The van der Waals surface area contributed by atoms with Crippen molar-refractivity contribution in [3.63, 3.8) is 0 Å². The molecule has 7 rings (SSSR count). The Morgan fingerprint density at radius 2 is 1.10 bits per heavy atom. The van der Waals surface area contributed by atoms with E-state index in [-0.39, 0.29) is 5.75 Å². The highest BCUT2D eigenvalue weighted by Crippen LogP contribution is 2.45. The van der Waals surface area contributed by atoms with E-state index in [0.717, 1.165) is 60.2 Å². The Kier molecular flexibility index (Phi) is 3.15. The highest BCUT2D eigenvalue weighted by molar-refractivity contribution is 6.21. The molecule has 0 bridgehead atoms. The fraction of sp³-hybridized carbons (Fsp3) is 0. The summed E-state index contributed by atoms with van der Waals surface area (Å²) in [5.74, 6) is 0.214. The van der Waals surface area contributed by atoms with Crippen molar-refractivity contribution in [1.82, 2.24) is 0 Å². The Balaban J connectivity index is 1.68. The van der Waals surface area contributed by atoms with Crippen LogP contribution in [0.2, 0.25) is 0 Å². The summed E-state index contributed by atoms with van der Waals surface area (Å²) in [6, 6.07) is 30.1. The van der Waals surface area contributed by atoms with Gasteiger partial charge in [-0.3, -0.25) is 0 Å². The fourth-order valence-corrected chi connectivity index (χ4v) is 4.83. The predicted molar refractivity (Wildman–Crippen MR) is 126 cm³/mol. The van der Waals surface area contributed by atoms with Crippen LogP contribution in [-0.2, 0) is 0 Å². The van der Waals surface area contributed by atoms with Gasteiger partial charge in [-0.25, -0.2) is 0 Å². The summed E-state index contributed by atoms with van der Waals surface area (Å²) in [5, 5.41) is 17.0. The molecule has 0 saturated carbocycles. The number of fused-ring (bicyclic) bond motifs is 7. The maximum atomic E-state index is 11.0. The zero-order chi connectivity index (χ0) is 20.5. The molecule has 2 aromatic heterocycles. The lowest BCUT2D eigenvalue weighted by Gasteiger charge is -2.10. The number of phenols is 1. The van der Waals surface area contributed by atoms with E-state index in [2.05, 4.69) is 24.3 Å². The minimum absolute atomic E-state index is 0.214. The van der Waals surface area contributed by atoms with Gasteiger partial charge in [-0.1, -0.05) is 60.7 Å². The zero-order valence-electron chi connectivity index (χ0n) is 16.4. The van der Waals surface area contributed by atoms with E-state index in [1.807, 2.05) is 66.7 Å². The molecule has 7 aromatic rings. The highest BCUT2D eigenvalue weighted by Gasteiger charge is 2.19. The number of hydrogen-bond acceptors (Lipinski definition) is 3. The maximum absolute atomic E-state index is 11.0. The Hall–Kier alpha value is -4.24. The minimum atomic E-state index is 0.214. The Bertz CT molecular complexity index is 1800. The van der Waals surface area contributed by atoms with Crippen LogP contribution in [0.1, 0.15) is 0 Å². The molecule has 0 aliphatic rings. The van der Waals surface area contributed by atoms with Crippen molar-refractivity contribution in [2.75, 3.05) is 0 Å². The second-order valence-electron chi connectivity index (χ2n) is 7.91. The van der Waals surface area contributed by atoms with E-state index < -0.39 is 0 Å². The van der Waals surface area contributed by atoms with Crippen LogP contribution in [0.4, 0.5) is 0 Å². The number of rotatable bonds is 1. The van der Waals surface area contributed by atoms with Gasteiger partial charge in [0.05, 0.1) is 5.39 Å². The number of aromatic hydroxyl groups is 1. The third-order valence-electron chi connectivity index (χ3n) is 6.14. The van der Waals surface area contributed by atoms with Gasteiger partial charge in [0, 0.05) is 21.7 Å². The second-order valence-corrected chi connectivity index (χ2v) is 7.91. The molecule has 2 heterocycles. The molecular formula is C28H16O3. The lowest BCUT2D eigenvalue weighted by Crippen LogP contribution is -1.84. The van der Waals surface area contributed by atoms with Crippen molar-refractivity contribution >= 4 is 54.6 Å². The van der Waals surface area contributed by atoms with E-state index in [1.165, 1.54) is 0 Å². The van der Waals surface area contributed by atoms with E-state index in [1.54, 1.807) is 0 Å². The number of para-hydroxylation sites is 2. The molecule has 0 spiro atoms. The topological polar surface area (TPSA) is 46.5 Å². The SMILES string of the molecule is Oc1cc(-c2c3ccccc3cc3oc4ccccc4c23)cc2oc3ccccc3c12. The van der Waals surface area contributed by atoms with Crippen molar-refractivity contribution in [2.24, 2.45) is 0 Å². The average molecular weight is 400 g/mol. The first-order valence-corrected chi connectivity index (χ1v) is 10.3. The quantitative estimate of drug-likeness (QED) is 0.303. The fourth-order valence-electron chi connectivity index (χ4n) is 4.83. The van der Waals surface area contributed by atoms with Gasteiger partial charge in [0.2, 0.25) is 0 Å². The minimum Gasteiger partial charge on any atom is -0.507 e. The van der Waals surface area contributed by atoms with Crippen molar-refractivity contribution in [1.29, 1.82) is 0 Å². The van der Waals surface area contributed by atoms with Gasteiger partial charge < -0.3 is 13.9 Å². The van der Waals surface area contributed by atoms with Crippen LogP contribution in [-0.4, -0.2) is 5.11 Å². The molecule has 31 heavy (non-hydrogen) atoms. The van der Waals surface area contributed by atoms with Crippen LogP contribution in [0.25, 0.3) is 65.8 Å². The monoisotopic (exact) mass is 400 g/mol. The summed E-state index contributed by atoms with van der Waals surface area (Å²) in [5.41, 5.74) is 5.06. The largest absolute Gasteiger partial charge is 0.507 e. The summed E-state index contributed by atoms with van der Waals surface area (Å²) in [4.78, 5) is 0. The highest BCUT2D eigenvalue weighted by atomic mass is 16.3. The van der Waals surface area contributed by atoms with Gasteiger partial charge in [-0.15, -0.1) is 0 Å². The second kappa shape index (κ2) is 5.89. The lowest BCUT2D eigenvalue weighted by atomic mass is 9.92. The summed E-state index contributed by atoms with van der Waals surface area (Å²) < 4.78 is 12.3. The van der Waals surface area contributed by atoms with Gasteiger partial charge >= 0.3 is 0 Å². The molecule has 0 fully saturated rings. The Labute approximate surface area is 176 Å². The third kappa shape index (κ3) is 2.23. The van der Waals surface area contributed by atoms with E-state index in [9.17, 15) is 5.11 Å². The van der Waals surface area contributed by atoms with Crippen LogP contribution in [0, 0.1) is 0 Å². The molecule has 0 unspecified atom stereocenters. The molecule has 0 aliphatic heterocycles.